The smallest absolute Gasteiger partial charge is 0.397 e. The first-order valence-corrected chi connectivity index (χ1v) is 25.2. The zero-order valence-electron chi connectivity index (χ0n) is 31.9. The van der Waals surface area contributed by atoms with E-state index < -0.39 is 123 Å². The van der Waals surface area contributed by atoms with E-state index in [0.29, 0.717) is 12.1 Å². The SMILES string of the molecule is CNc1ccc2c(O)c(/N=N/c3cc(S(=O)(=O)CCOS(=O)(=O)O)cc(S(=O)(=O)O)c3OC)c(S(=O)(=O)O)cc2c1/N=N/c1cc(C)c(S(=O)(=O)CCOS(=O)(=O)O)cc1OC. The average Bonchev–Trinajstić information content (AvgIpc) is 3.13. The fourth-order valence-electron chi connectivity index (χ4n) is 5.39. The summed E-state index contributed by atoms with van der Waals surface area (Å²) in [4.78, 5) is -3.66. The van der Waals surface area contributed by atoms with E-state index in [9.17, 15) is 64.7 Å². The molecule has 0 unspecified atom stereocenters. The highest BCUT2D eigenvalue weighted by Gasteiger charge is 2.29. The van der Waals surface area contributed by atoms with Crippen LogP contribution in [-0.4, -0.2) is 120 Å². The molecule has 0 aliphatic rings. The number of fused-ring (bicyclic) bond motifs is 1. The van der Waals surface area contributed by atoms with Gasteiger partial charge in [0.2, 0.25) is 0 Å². The highest BCUT2D eigenvalue weighted by atomic mass is 32.3. The minimum atomic E-state index is -5.39. The third kappa shape index (κ3) is 11.9. The molecule has 0 fully saturated rings. The van der Waals surface area contributed by atoms with Gasteiger partial charge in [-0.1, -0.05) is 0 Å². The van der Waals surface area contributed by atoms with Crippen molar-refractivity contribution in [1.82, 2.24) is 0 Å². The van der Waals surface area contributed by atoms with Gasteiger partial charge < -0.3 is 19.9 Å². The van der Waals surface area contributed by atoms with Crippen LogP contribution in [0.15, 0.2) is 82.5 Å². The molecule has 0 atom stereocenters. The van der Waals surface area contributed by atoms with Gasteiger partial charge in [-0.05, 0) is 48.9 Å². The lowest BCUT2D eigenvalue weighted by Gasteiger charge is -2.14. The molecule has 32 heteroatoms. The number of phenols is 1. The van der Waals surface area contributed by atoms with Gasteiger partial charge in [0, 0.05) is 23.9 Å². The molecular formula is C30H33N5O21S6. The van der Waals surface area contributed by atoms with Crippen molar-refractivity contribution >= 4 is 99.9 Å². The fraction of sp³-hybridized carbons (Fsp3) is 0.267. The number of aryl methyl sites for hydroxylation is 1. The van der Waals surface area contributed by atoms with Crippen molar-refractivity contribution in [3.05, 3.63) is 48.0 Å². The second-order valence-electron chi connectivity index (χ2n) is 12.1. The molecule has 4 rings (SSSR count). The highest BCUT2D eigenvalue weighted by molar-refractivity contribution is 7.92. The summed E-state index contributed by atoms with van der Waals surface area (Å²) in [7, 11) is -26.3. The van der Waals surface area contributed by atoms with Crippen LogP contribution in [0, 0.1) is 6.92 Å². The number of azo groups is 2. The molecule has 0 saturated carbocycles. The lowest BCUT2D eigenvalue weighted by molar-refractivity contribution is 0.282. The number of aromatic hydroxyl groups is 1. The van der Waals surface area contributed by atoms with Gasteiger partial charge in [-0.3, -0.25) is 18.2 Å². The van der Waals surface area contributed by atoms with E-state index in [0.717, 1.165) is 26.4 Å². The van der Waals surface area contributed by atoms with E-state index in [1.807, 2.05) is 0 Å². The number of ether oxygens (including phenoxy) is 2. The van der Waals surface area contributed by atoms with E-state index in [-0.39, 0.29) is 44.0 Å². The molecule has 6 N–H and O–H groups in total. The number of hydrogen-bond acceptors (Lipinski definition) is 22. The zero-order chi connectivity index (χ0) is 46.8. The predicted molar refractivity (Wildman–Crippen MR) is 213 cm³/mol. The van der Waals surface area contributed by atoms with Crippen LogP contribution in [0.2, 0.25) is 0 Å². The Morgan fingerprint density at radius 1 is 0.597 bits per heavy atom. The lowest BCUT2D eigenvalue weighted by atomic mass is 10.1. The molecule has 0 aliphatic carbocycles. The first-order valence-electron chi connectivity index (χ1n) is 16.3. The predicted octanol–water partition coefficient (Wildman–Crippen LogP) is 3.42. The van der Waals surface area contributed by atoms with Crippen molar-refractivity contribution < 1.29 is 91.7 Å². The molecule has 0 amide bonds. The number of nitrogens with zero attached hydrogens (tertiary/aromatic N) is 4. The Morgan fingerprint density at radius 2 is 1.15 bits per heavy atom. The number of anilines is 1. The van der Waals surface area contributed by atoms with Gasteiger partial charge in [-0.25, -0.2) is 25.2 Å². The van der Waals surface area contributed by atoms with Crippen LogP contribution >= 0.6 is 0 Å². The van der Waals surface area contributed by atoms with Gasteiger partial charge in [0.05, 0.1) is 54.4 Å². The van der Waals surface area contributed by atoms with Crippen LogP contribution < -0.4 is 14.8 Å². The van der Waals surface area contributed by atoms with Gasteiger partial charge in [-0.15, -0.1) is 20.5 Å². The van der Waals surface area contributed by atoms with Crippen molar-refractivity contribution in [2.24, 2.45) is 20.5 Å². The summed E-state index contributed by atoms with van der Waals surface area (Å²) in [6, 6.07) is 6.62. The Bertz CT molecular complexity index is 3190. The molecular weight excluding hydrogens is 959 g/mol. The number of sulfone groups is 2. The van der Waals surface area contributed by atoms with E-state index in [1.165, 1.54) is 32.2 Å². The topological polar surface area (TPSA) is 404 Å². The molecule has 26 nitrogen and oxygen atoms in total. The normalized spacial score (nSPS) is 13.3. The third-order valence-electron chi connectivity index (χ3n) is 8.10. The van der Waals surface area contributed by atoms with Crippen molar-refractivity contribution in [3.63, 3.8) is 0 Å². The summed E-state index contributed by atoms with van der Waals surface area (Å²) in [5.74, 6) is -4.11. The van der Waals surface area contributed by atoms with Crippen LogP contribution in [0.4, 0.5) is 28.4 Å². The monoisotopic (exact) mass is 991 g/mol. The van der Waals surface area contributed by atoms with E-state index >= 15 is 0 Å². The van der Waals surface area contributed by atoms with Crippen LogP contribution in [0.3, 0.4) is 0 Å². The Kier molecular flexibility index (Phi) is 14.7. The Labute approximate surface area is 353 Å². The number of benzene rings is 4. The molecule has 0 heterocycles. The van der Waals surface area contributed by atoms with Crippen LogP contribution in [0.25, 0.3) is 10.8 Å². The molecule has 0 spiro atoms. The van der Waals surface area contributed by atoms with E-state index in [1.54, 1.807) is 0 Å². The van der Waals surface area contributed by atoms with Gasteiger partial charge >= 0.3 is 20.8 Å². The number of hydrogen-bond donors (Lipinski definition) is 6. The van der Waals surface area contributed by atoms with Crippen LogP contribution in [-0.2, 0) is 69.1 Å². The summed E-state index contributed by atoms with van der Waals surface area (Å²) in [6.45, 7) is -0.717. The number of rotatable bonds is 19. The third-order valence-corrected chi connectivity index (χ3v) is 14.2. The molecule has 0 saturated heterocycles. The summed E-state index contributed by atoms with van der Waals surface area (Å²) < 4.78 is 202. The lowest BCUT2D eigenvalue weighted by Crippen LogP contribution is -2.16. The first kappa shape index (κ1) is 49.7. The van der Waals surface area contributed by atoms with Crippen molar-refractivity contribution in [2.45, 2.75) is 26.5 Å². The van der Waals surface area contributed by atoms with Gasteiger partial charge in [0.1, 0.15) is 38.3 Å². The van der Waals surface area contributed by atoms with Crippen molar-refractivity contribution in [3.8, 4) is 17.2 Å². The molecule has 62 heavy (non-hydrogen) atoms. The molecule has 4 aromatic carbocycles. The van der Waals surface area contributed by atoms with Crippen molar-refractivity contribution in [2.75, 3.05) is 51.3 Å². The highest BCUT2D eigenvalue weighted by Crippen LogP contribution is 2.48. The standard InChI is InChI=1S/C30H33N5O21S6/c1-16-11-21(23(53-3)15-24(16)58(39,40)10-8-56-62(50,51)52)32-34-27-19-14-25(59(41,42)43)28(29(36)18(19)5-6-20(27)31-2)35-33-22-12-17(13-26(30(22)54-4)60(44,45)46)57(37,38)9-7-55-61(47,48)49/h5-6,11-15,31,36H,7-10H2,1-4H3,(H,41,42,43)(H,44,45,46)(H,47,48,49)(H,50,51,52)/b34-32+,35-33+. The maximum Gasteiger partial charge on any atom is 0.397 e. The molecule has 0 aliphatic heterocycles. The summed E-state index contributed by atoms with van der Waals surface area (Å²) in [6.07, 6.45) is 0. The average molecular weight is 992 g/mol. The van der Waals surface area contributed by atoms with Gasteiger partial charge in [0.15, 0.2) is 31.2 Å². The van der Waals surface area contributed by atoms with Gasteiger partial charge in [-0.2, -0.15) is 33.7 Å². The summed E-state index contributed by atoms with van der Waals surface area (Å²) >= 11 is 0. The molecule has 0 radical (unpaired) electrons. The molecule has 340 valence electrons. The maximum absolute atomic E-state index is 13.0. The summed E-state index contributed by atoms with van der Waals surface area (Å²) in [5, 5.41) is 29.4. The van der Waals surface area contributed by atoms with Gasteiger partial charge in [0.25, 0.3) is 20.2 Å². The van der Waals surface area contributed by atoms with Crippen LogP contribution in [0.1, 0.15) is 5.56 Å². The Balaban J connectivity index is 1.92. The second kappa shape index (κ2) is 18.4. The molecule has 0 aromatic heterocycles. The number of phenolic OH excluding ortho intramolecular Hbond substituents is 1. The van der Waals surface area contributed by atoms with E-state index in [2.05, 4.69) is 34.1 Å². The Hall–Kier alpha value is -5.00. The van der Waals surface area contributed by atoms with Crippen molar-refractivity contribution in [1.29, 1.82) is 0 Å². The number of methoxy groups -OCH3 is 2. The summed E-state index contributed by atoms with van der Waals surface area (Å²) in [5.41, 5.74) is -1.96. The second-order valence-corrected chi connectivity index (χ2v) is 21.3. The fourth-order valence-corrected chi connectivity index (χ4v) is 10.1. The van der Waals surface area contributed by atoms with E-state index in [4.69, 9.17) is 18.6 Å². The largest absolute Gasteiger partial charge is 0.505 e. The maximum atomic E-state index is 13.0. The first-order chi connectivity index (χ1) is 28.4. The van der Waals surface area contributed by atoms with Crippen LogP contribution in [0.5, 0.6) is 17.2 Å². The number of nitrogens with one attached hydrogen (secondary N) is 1. The quantitative estimate of drug-likeness (QED) is 0.0579. The minimum Gasteiger partial charge on any atom is -0.505 e. The molecule has 4 aromatic rings. The zero-order valence-corrected chi connectivity index (χ0v) is 36.8. The Morgan fingerprint density at radius 3 is 1.66 bits per heavy atom. The minimum absolute atomic E-state index is 0.0642. The molecule has 0 bridgehead atoms.